The highest BCUT2D eigenvalue weighted by atomic mass is 16.5. The van der Waals surface area contributed by atoms with Crippen molar-refractivity contribution in [2.24, 2.45) is 5.73 Å². The first-order valence-electron chi connectivity index (χ1n) is 6.43. The molecule has 1 heterocycles. The Hall–Kier alpha value is -1.10. The normalized spacial score (nSPS) is 22.7. The van der Waals surface area contributed by atoms with Gasteiger partial charge in [0.05, 0.1) is 6.61 Å². The second-order valence-corrected chi connectivity index (χ2v) is 4.92. The third-order valence-corrected chi connectivity index (χ3v) is 3.18. The highest BCUT2D eigenvalue weighted by Crippen LogP contribution is 2.16. The van der Waals surface area contributed by atoms with Crippen LogP contribution in [0.5, 0.6) is 5.75 Å². The van der Waals surface area contributed by atoms with Crippen molar-refractivity contribution >= 4 is 0 Å². The number of nitrogens with two attached hydrogens (primary N) is 1. The van der Waals surface area contributed by atoms with Crippen LogP contribution in [0.4, 0.5) is 0 Å². The first-order valence-corrected chi connectivity index (χ1v) is 6.43. The summed E-state index contributed by atoms with van der Waals surface area (Å²) in [6, 6.07) is 8.01. The average Bonchev–Trinajstić information content (AvgIpc) is 2.37. The zero-order valence-electron chi connectivity index (χ0n) is 11.1. The van der Waals surface area contributed by atoms with Gasteiger partial charge in [-0.15, -0.1) is 0 Å². The summed E-state index contributed by atoms with van der Waals surface area (Å²) in [6.45, 7) is 5.29. The number of likely N-dealkylation sites (N-methyl/N-ethyl adjacent to an activating group) is 1. The van der Waals surface area contributed by atoms with Gasteiger partial charge in [0.2, 0.25) is 0 Å². The molecule has 0 aliphatic carbocycles. The smallest absolute Gasteiger partial charge is 0.119 e. The molecule has 0 spiro atoms. The number of nitrogens with zero attached hydrogens (tertiary/aromatic N) is 1. The van der Waals surface area contributed by atoms with E-state index < -0.39 is 0 Å². The van der Waals surface area contributed by atoms with E-state index in [-0.39, 0.29) is 12.1 Å². The zero-order chi connectivity index (χ0) is 13.0. The monoisotopic (exact) mass is 250 g/mol. The summed E-state index contributed by atoms with van der Waals surface area (Å²) in [5.74, 6) is 0.872. The van der Waals surface area contributed by atoms with Crippen molar-refractivity contribution in [3.8, 4) is 5.75 Å². The van der Waals surface area contributed by atoms with E-state index in [1.54, 1.807) is 0 Å². The molecule has 0 aromatic heterocycles. The van der Waals surface area contributed by atoms with Crippen molar-refractivity contribution < 1.29 is 9.47 Å². The van der Waals surface area contributed by atoms with E-state index in [0.29, 0.717) is 6.61 Å². The van der Waals surface area contributed by atoms with E-state index in [9.17, 15) is 0 Å². The van der Waals surface area contributed by atoms with Gasteiger partial charge in [0.1, 0.15) is 18.5 Å². The van der Waals surface area contributed by atoms with Crippen molar-refractivity contribution in [3.05, 3.63) is 29.8 Å². The quantitative estimate of drug-likeness (QED) is 0.878. The molecule has 1 aromatic carbocycles. The zero-order valence-corrected chi connectivity index (χ0v) is 11.1. The Bertz CT molecular complexity index is 365. The van der Waals surface area contributed by atoms with Crippen LogP contribution in [-0.4, -0.2) is 44.4 Å². The van der Waals surface area contributed by atoms with Gasteiger partial charge in [-0.25, -0.2) is 0 Å². The molecule has 1 unspecified atom stereocenters. The number of ether oxygens (including phenoxy) is 2. The molecule has 18 heavy (non-hydrogen) atoms. The summed E-state index contributed by atoms with van der Waals surface area (Å²) >= 11 is 0. The standard InChI is InChI=1S/C14H22N2O2/c1-11(15)12-3-5-13(6-4-12)18-10-14-9-16(2)7-8-17-14/h3-6,11,14H,7-10,15H2,1-2H3/t11-,14?/m0/s1. The molecular weight excluding hydrogens is 228 g/mol. The van der Waals surface area contributed by atoms with Crippen molar-refractivity contribution in [1.29, 1.82) is 0 Å². The van der Waals surface area contributed by atoms with Gasteiger partial charge in [-0.1, -0.05) is 12.1 Å². The lowest BCUT2D eigenvalue weighted by Crippen LogP contribution is -2.42. The third kappa shape index (κ3) is 3.70. The van der Waals surface area contributed by atoms with Crippen LogP contribution >= 0.6 is 0 Å². The van der Waals surface area contributed by atoms with E-state index in [2.05, 4.69) is 11.9 Å². The van der Waals surface area contributed by atoms with Crippen molar-refractivity contribution in [1.82, 2.24) is 4.90 Å². The number of benzene rings is 1. The van der Waals surface area contributed by atoms with Crippen LogP contribution < -0.4 is 10.5 Å². The van der Waals surface area contributed by atoms with Gasteiger partial charge in [-0.3, -0.25) is 0 Å². The van der Waals surface area contributed by atoms with Crippen LogP contribution in [0.3, 0.4) is 0 Å². The first-order chi connectivity index (χ1) is 8.65. The molecule has 0 saturated carbocycles. The SMILES string of the molecule is C[C@H](N)c1ccc(OCC2CN(C)CCO2)cc1. The van der Waals surface area contributed by atoms with E-state index in [1.807, 2.05) is 31.2 Å². The lowest BCUT2D eigenvalue weighted by Gasteiger charge is -2.29. The minimum Gasteiger partial charge on any atom is -0.491 e. The molecule has 4 nitrogen and oxygen atoms in total. The van der Waals surface area contributed by atoms with Gasteiger partial charge in [0.25, 0.3) is 0 Å². The van der Waals surface area contributed by atoms with Crippen molar-refractivity contribution in [3.63, 3.8) is 0 Å². The van der Waals surface area contributed by atoms with E-state index in [1.165, 1.54) is 0 Å². The fraction of sp³-hybridized carbons (Fsp3) is 0.571. The second kappa shape index (κ2) is 6.18. The molecule has 1 aromatic rings. The van der Waals surface area contributed by atoms with Crippen LogP contribution in [-0.2, 0) is 4.74 Å². The molecular formula is C14H22N2O2. The number of hydrogen-bond donors (Lipinski definition) is 1. The van der Waals surface area contributed by atoms with Crippen LogP contribution in [0.2, 0.25) is 0 Å². The summed E-state index contributed by atoms with van der Waals surface area (Å²) in [4.78, 5) is 2.26. The molecule has 4 heteroatoms. The molecule has 2 rings (SSSR count). The molecule has 2 N–H and O–H groups in total. The lowest BCUT2D eigenvalue weighted by atomic mass is 10.1. The van der Waals surface area contributed by atoms with Crippen LogP contribution in [0.25, 0.3) is 0 Å². The van der Waals surface area contributed by atoms with Crippen molar-refractivity contribution in [2.75, 3.05) is 33.4 Å². The van der Waals surface area contributed by atoms with Gasteiger partial charge < -0.3 is 20.1 Å². The Labute approximate surface area is 109 Å². The lowest BCUT2D eigenvalue weighted by molar-refractivity contribution is -0.0403. The van der Waals surface area contributed by atoms with E-state index >= 15 is 0 Å². The maximum atomic E-state index is 5.80. The molecule has 0 bridgehead atoms. The van der Waals surface area contributed by atoms with Gasteiger partial charge in [-0.05, 0) is 31.7 Å². The van der Waals surface area contributed by atoms with Crippen LogP contribution in [0.15, 0.2) is 24.3 Å². The fourth-order valence-electron chi connectivity index (χ4n) is 2.02. The van der Waals surface area contributed by atoms with Gasteiger partial charge in [-0.2, -0.15) is 0 Å². The minimum atomic E-state index is 0.0642. The second-order valence-electron chi connectivity index (χ2n) is 4.92. The largest absolute Gasteiger partial charge is 0.491 e. The number of hydrogen-bond acceptors (Lipinski definition) is 4. The summed E-state index contributed by atoms with van der Waals surface area (Å²) in [5.41, 5.74) is 6.92. The molecule has 1 saturated heterocycles. The van der Waals surface area contributed by atoms with Crippen LogP contribution in [0.1, 0.15) is 18.5 Å². The molecule has 2 atom stereocenters. The Kier molecular flexibility index (Phi) is 4.58. The minimum absolute atomic E-state index is 0.0642. The predicted octanol–water partition coefficient (Wildman–Crippen LogP) is 1.42. The average molecular weight is 250 g/mol. The molecule has 100 valence electrons. The molecule has 1 aliphatic heterocycles. The Morgan fingerprint density at radius 2 is 2.17 bits per heavy atom. The van der Waals surface area contributed by atoms with Crippen molar-refractivity contribution in [2.45, 2.75) is 19.1 Å². The first kappa shape index (κ1) is 13.3. The Balaban J connectivity index is 1.82. The topological polar surface area (TPSA) is 47.7 Å². The number of rotatable bonds is 4. The summed E-state index contributed by atoms with van der Waals surface area (Å²) in [6.07, 6.45) is 0.164. The fourth-order valence-corrected chi connectivity index (χ4v) is 2.02. The maximum Gasteiger partial charge on any atom is 0.119 e. The molecule has 0 radical (unpaired) electrons. The maximum absolute atomic E-state index is 5.80. The molecule has 1 aliphatic rings. The number of morpholine rings is 1. The van der Waals surface area contributed by atoms with E-state index in [4.69, 9.17) is 15.2 Å². The molecule has 1 fully saturated rings. The summed E-state index contributed by atoms with van der Waals surface area (Å²) < 4.78 is 11.4. The summed E-state index contributed by atoms with van der Waals surface area (Å²) in [5, 5.41) is 0. The predicted molar refractivity (Wildman–Crippen MR) is 71.8 cm³/mol. The van der Waals surface area contributed by atoms with Gasteiger partial charge >= 0.3 is 0 Å². The Morgan fingerprint density at radius 1 is 1.44 bits per heavy atom. The van der Waals surface area contributed by atoms with Gasteiger partial charge in [0.15, 0.2) is 0 Å². The highest BCUT2D eigenvalue weighted by molar-refractivity contribution is 5.28. The highest BCUT2D eigenvalue weighted by Gasteiger charge is 2.18. The third-order valence-electron chi connectivity index (χ3n) is 3.18. The Morgan fingerprint density at radius 3 is 2.78 bits per heavy atom. The van der Waals surface area contributed by atoms with E-state index in [0.717, 1.165) is 31.0 Å². The summed E-state index contributed by atoms with van der Waals surface area (Å²) in [7, 11) is 2.10. The van der Waals surface area contributed by atoms with Gasteiger partial charge in [0, 0.05) is 19.1 Å². The molecule has 0 amide bonds. The van der Waals surface area contributed by atoms with Crippen LogP contribution in [0, 0.1) is 0 Å².